The molecule has 9 aromatic rings. The molecule has 2 nitrogen and oxygen atoms in total. The van der Waals surface area contributed by atoms with Gasteiger partial charge in [0, 0.05) is 70.4 Å². The number of rotatable bonds is 8. The third kappa shape index (κ3) is 5.77. The van der Waals surface area contributed by atoms with Gasteiger partial charge in [-0.2, -0.15) is 0 Å². The highest BCUT2D eigenvalue weighted by Crippen LogP contribution is 2.54. The summed E-state index contributed by atoms with van der Waals surface area (Å²) in [6.07, 6.45) is 2.13. The number of anilines is 6. The summed E-state index contributed by atoms with van der Waals surface area (Å²) in [7, 11) is 1.75. The lowest BCUT2D eigenvalue weighted by Crippen LogP contribution is -2.24. The summed E-state index contributed by atoms with van der Waals surface area (Å²) in [5.41, 5.74) is 12.3. The van der Waals surface area contributed by atoms with Crippen LogP contribution in [0, 0.1) is 0 Å². The molecule has 10 rings (SSSR count). The first-order valence-corrected chi connectivity index (χ1v) is 22.4. The van der Waals surface area contributed by atoms with E-state index in [-0.39, 0.29) is 5.41 Å². The van der Waals surface area contributed by atoms with Crippen LogP contribution < -0.4 is 9.80 Å². The van der Waals surface area contributed by atoms with Gasteiger partial charge >= 0.3 is 0 Å². The average Bonchev–Trinajstić information content (AvgIpc) is 3.24. The fraction of sp³-hybridized carbons (Fsp3) is 0.0980. The number of para-hydroxylation sites is 4. The third-order valence-electron chi connectivity index (χ3n) is 11.6. The SMILES string of the molecule is CC1(C)CCc2cc(N(c3ccccc3)c3ccccc3)c3ccc4c(-c5ccc(SI)cc5)cc(N(c5ccccc5)c5ccccc5)c5cc1c2c3c45. The Hall–Kier alpha value is -5.30. The molecule has 9 aromatic carbocycles. The predicted octanol–water partition coefficient (Wildman–Crippen LogP) is 15.9. The van der Waals surface area contributed by atoms with Crippen molar-refractivity contribution < 1.29 is 0 Å². The highest BCUT2D eigenvalue weighted by molar-refractivity contribution is 14.2. The standard InChI is InChI=1S/C51H39IN2S/c1-51(2)30-29-35-31-46(53(36-15-7-3-8-16-36)37-17-9-4-10-18-37)42-28-27-41-43(34-23-25-40(55-52)26-24-34)33-47(44-32-45(51)48(35)50(42)49(41)44)54(38-19-11-5-12-20-38)39-21-13-6-14-22-39/h3-28,31-33H,29-30H2,1-2H3. The van der Waals surface area contributed by atoms with Crippen LogP contribution in [0.5, 0.6) is 0 Å². The van der Waals surface area contributed by atoms with Gasteiger partial charge in [0.1, 0.15) is 0 Å². The van der Waals surface area contributed by atoms with Crippen LogP contribution in [0.3, 0.4) is 0 Å². The summed E-state index contributed by atoms with van der Waals surface area (Å²) < 4.78 is 0. The van der Waals surface area contributed by atoms with Crippen molar-refractivity contribution in [2.75, 3.05) is 9.80 Å². The lowest BCUT2D eigenvalue weighted by molar-refractivity contribution is 0.475. The lowest BCUT2D eigenvalue weighted by Gasteiger charge is -2.37. The number of nitrogens with zero attached hydrogens (tertiary/aromatic N) is 2. The highest BCUT2D eigenvalue weighted by Gasteiger charge is 2.33. The van der Waals surface area contributed by atoms with Gasteiger partial charge in [-0.3, -0.25) is 0 Å². The van der Waals surface area contributed by atoms with E-state index in [1.54, 1.807) is 8.93 Å². The molecular weight excluding hydrogens is 800 g/mol. The fourth-order valence-electron chi connectivity index (χ4n) is 8.92. The number of aryl methyl sites for hydroxylation is 1. The van der Waals surface area contributed by atoms with Crippen LogP contribution in [-0.4, -0.2) is 0 Å². The van der Waals surface area contributed by atoms with Crippen molar-refractivity contribution >= 4 is 96.6 Å². The normalized spacial score (nSPS) is 13.4. The van der Waals surface area contributed by atoms with Crippen molar-refractivity contribution in [3.05, 3.63) is 187 Å². The summed E-state index contributed by atoms with van der Waals surface area (Å²) in [5.74, 6) is 0. The maximum atomic E-state index is 2.56. The van der Waals surface area contributed by atoms with Crippen LogP contribution in [-0.2, 0) is 11.8 Å². The van der Waals surface area contributed by atoms with E-state index in [0.717, 1.165) is 35.6 Å². The molecule has 0 N–H and O–H groups in total. The first kappa shape index (κ1) is 34.2. The van der Waals surface area contributed by atoms with Crippen LogP contribution in [0.15, 0.2) is 181 Å². The molecule has 0 saturated heterocycles. The minimum Gasteiger partial charge on any atom is -0.310 e. The molecule has 266 valence electrons. The van der Waals surface area contributed by atoms with Gasteiger partial charge in [-0.05, 0) is 130 Å². The summed E-state index contributed by atoms with van der Waals surface area (Å²) in [5, 5.41) is 7.96. The average molecular weight is 839 g/mol. The van der Waals surface area contributed by atoms with Crippen LogP contribution in [0.1, 0.15) is 31.4 Å². The third-order valence-corrected chi connectivity index (χ3v) is 13.6. The van der Waals surface area contributed by atoms with Crippen LogP contribution in [0.25, 0.3) is 43.4 Å². The van der Waals surface area contributed by atoms with Crippen molar-refractivity contribution in [2.24, 2.45) is 0 Å². The zero-order chi connectivity index (χ0) is 37.1. The van der Waals surface area contributed by atoms with Gasteiger partial charge in [0.25, 0.3) is 0 Å². The quantitative estimate of drug-likeness (QED) is 0.111. The van der Waals surface area contributed by atoms with E-state index in [4.69, 9.17) is 0 Å². The second-order valence-corrected chi connectivity index (χ2v) is 17.2. The largest absolute Gasteiger partial charge is 0.310 e. The molecule has 0 aromatic heterocycles. The van der Waals surface area contributed by atoms with Crippen LogP contribution >= 0.6 is 30.1 Å². The van der Waals surface area contributed by atoms with E-state index in [0.29, 0.717) is 0 Å². The zero-order valence-electron chi connectivity index (χ0n) is 30.8. The Balaban J connectivity index is 1.39. The first-order valence-electron chi connectivity index (χ1n) is 19.0. The Morgan fingerprint density at radius 1 is 0.491 bits per heavy atom. The van der Waals surface area contributed by atoms with Gasteiger partial charge in [-0.25, -0.2) is 0 Å². The molecule has 0 fully saturated rings. The maximum absolute atomic E-state index is 2.56. The van der Waals surface area contributed by atoms with E-state index in [1.807, 2.05) is 0 Å². The van der Waals surface area contributed by atoms with Gasteiger partial charge in [0.05, 0.1) is 11.4 Å². The number of halogens is 1. The van der Waals surface area contributed by atoms with Crippen molar-refractivity contribution in [3.63, 3.8) is 0 Å². The molecule has 0 unspecified atom stereocenters. The minimum absolute atomic E-state index is 0.00699. The van der Waals surface area contributed by atoms with Crippen molar-refractivity contribution in [1.29, 1.82) is 0 Å². The minimum atomic E-state index is 0.00699. The van der Waals surface area contributed by atoms with E-state index in [2.05, 4.69) is 221 Å². The second kappa shape index (κ2) is 13.8. The molecule has 0 atom stereocenters. The zero-order valence-corrected chi connectivity index (χ0v) is 33.8. The molecule has 0 radical (unpaired) electrons. The van der Waals surface area contributed by atoms with Gasteiger partial charge < -0.3 is 9.80 Å². The summed E-state index contributed by atoms with van der Waals surface area (Å²) in [4.78, 5) is 6.18. The molecule has 0 heterocycles. The molecule has 0 amide bonds. The monoisotopic (exact) mass is 838 g/mol. The van der Waals surface area contributed by atoms with Crippen LogP contribution in [0.4, 0.5) is 34.1 Å². The summed E-state index contributed by atoms with van der Waals surface area (Å²) in [6, 6.07) is 64.9. The Morgan fingerprint density at radius 3 is 1.49 bits per heavy atom. The van der Waals surface area contributed by atoms with E-state index < -0.39 is 0 Å². The predicted molar refractivity (Wildman–Crippen MR) is 246 cm³/mol. The Bertz CT molecular complexity index is 2720. The smallest absolute Gasteiger partial charge is 0.0546 e. The number of hydrogen-bond acceptors (Lipinski definition) is 3. The topological polar surface area (TPSA) is 6.48 Å². The number of benzene rings is 9. The highest BCUT2D eigenvalue weighted by atomic mass is 127. The van der Waals surface area contributed by atoms with Crippen molar-refractivity contribution in [1.82, 2.24) is 0 Å². The van der Waals surface area contributed by atoms with E-state index in [9.17, 15) is 0 Å². The van der Waals surface area contributed by atoms with Crippen molar-refractivity contribution in [2.45, 2.75) is 37.0 Å². The fourth-order valence-corrected chi connectivity index (χ4v) is 10.0. The summed E-state index contributed by atoms with van der Waals surface area (Å²) >= 11 is 2.38. The second-order valence-electron chi connectivity index (χ2n) is 15.3. The maximum Gasteiger partial charge on any atom is 0.0546 e. The van der Waals surface area contributed by atoms with Crippen molar-refractivity contribution in [3.8, 4) is 11.1 Å². The molecule has 0 spiro atoms. The van der Waals surface area contributed by atoms with E-state index in [1.165, 1.54) is 70.8 Å². The number of hydrogen-bond donors (Lipinski definition) is 0. The Labute approximate surface area is 339 Å². The molecule has 55 heavy (non-hydrogen) atoms. The first-order chi connectivity index (χ1) is 27.0. The van der Waals surface area contributed by atoms with Crippen LogP contribution in [0.2, 0.25) is 0 Å². The molecule has 0 aliphatic heterocycles. The molecule has 0 saturated carbocycles. The van der Waals surface area contributed by atoms with Gasteiger partial charge in [0.2, 0.25) is 0 Å². The molecule has 1 aliphatic rings. The molecule has 4 heteroatoms. The molecule has 0 bridgehead atoms. The Kier molecular flexibility index (Phi) is 8.57. The Morgan fingerprint density at radius 2 is 0.982 bits per heavy atom. The van der Waals surface area contributed by atoms with Gasteiger partial charge in [-0.15, -0.1) is 0 Å². The van der Waals surface area contributed by atoms with Gasteiger partial charge in [-0.1, -0.05) is 120 Å². The summed E-state index contributed by atoms with van der Waals surface area (Å²) in [6.45, 7) is 4.89. The van der Waals surface area contributed by atoms with E-state index >= 15 is 0 Å². The molecule has 1 aliphatic carbocycles. The molecular formula is C51H39IN2S. The van der Waals surface area contributed by atoms with Gasteiger partial charge in [0.15, 0.2) is 0 Å². The lowest BCUT2D eigenvalue weighted by atomic mass is 9.70.